The summed E-state index contributed by atoms with van der Waals surface area (Å²) in [6.45, 7) is 10.8. The molecule has 0 aliphatic rings. The van der Waals surface area contributed by atoms with E-state index < -0.39 is 0 Å². The van der Waals surface area contributed by atoms with Gasteiger partial charge in [0.05, 0.1) is 5.60 Å². The summed E-state index contributed by atoms with van der Waals surface area (Å²) >= 11 is 0. The van der Waals surface area contributed by atoms with Gasteiger partial charge in [0.25, 0.3) is 0 Å². The Morgan fingerprint density at radius 2 is 1.93 bits per heavy atom. The molecule has 0 amide bonds. The molecule has 0 aromatic carbocycles. The van der Waals surface area contributed by atoms with Gasteiger partial charge in [0, 0.05) is 13.7 Å². The quantitative estimate of drug-likeness (QED) is 0.637. The van der Waals surface area contributed by atoms with Crippen LogP contribution in [0.4, 0.5) is 0 Å². The SMILES string of the molecule is CCCCC(CC)CNCC(C)(C)OC. The van der Waals surface area contributed by atoms with Gasteiger partial charge in [-0.3, -0.25) is 0 Å². The molecule has 0 saturated heterocycles. The average Bonchev–Trinajstić information content (AvgIpc) is 2.23. The highest BCUT2D eigenvalue weighted by molar-refractivity contribution is 4.72. The van der Waals surface area contributed by atoms with Crippen LogP contribution >= 0.6 is 0 Å². The lowest BCUT2D eigenvalue weighted by atomic mass is 9.99. The molecule has 1 unspecified atom stereocenters. The third-order valence-corrected chi connectivity index (χ3v) is 3.08. The molecule has 92 valence electrons. The lowest BCUT2D eigenvalue weighted by molar-refractivity contribution is 0.0226. The van der Waals surface area contributed by atoms with Gasteiger partial charge in [-0.2, -0.15) is 0 Å². The first-order chi connectivity index (χ1) is 7.05. The molecule has 0 spiro atoms. The third kappa shape index (κ3) is 7.80. The monoisotopic (exact) mass is 215 g/mol. The third-order valence-electron chi connectivity index (χ3n) is 3.08. The van der Waals surface area contributed by atoms with Gasteiger partial charge in [-0.05, 0) is 32.7 Å². The largest absolute Gasteiger partial charge is 0.377 e. The molecular formula is C13H29NO. The first-order valence-electron chi connectivity index (χ1n) is 6.31. The maximum atomic E-state index is 5.37. The van der Waals surface area contributed by atoms with Crippen molar-refractivity contribution in [1.82, 2.24) is 5.32 Å². The van der Waals surface area contributed by atoms with Crippen molar-refractivity contribution in [3.8, 4) is 0 Å². The van der Waals surface area contributed by atoms with Crippen LogP contribution in [0.25, 0.3) is 0 Å². The van der Waals surface area contributed by atoms with E-state index >= 15 is 0 Å². The molecule has 1 atom stereocenters. The Balaban J connectivity index is 3.62. The summed E-state index contributed by atoms with van der Waals surface area (Å²) in [6, 6.07) is 0. The minimum atomic E-state index is -0.0386. The number of hydrogen-bond acceptors (Lipinski definition) is 2. The number of rotatable bonds is 9. The second kappa shape index (κ2) is 8.12. The molecular weight excluding hydrogens is 186 g/mol. The van der Waals surface area contributed by atoms with E-state index in [1.54, 1.807) is 7.11 Å². The van der Waals surface area contributed by atoms with Gasteiger partial charge in [0.2, 0.25) is 0 Å². The maximum Gasteiger partial charge on any atom is 0.0746 e. The number of methoxy groups -OCH3 is 1. The number of unbranched alkanes of at least 4 members (excludes halogenated alkanes) is 1. The Hall–Kier alpha value is -0.0800. The smallest absolute Gasteiger partial charge is 0.0746 e. The fourth-order valence-electron chi connectivity index (χ4n) is 1.59. The van der Waals surface area contributed by atoms with E-state index in [1.807, 2.05) is 0 Å². The fourth-order valence-corrected chi connectivity index (χ4v) is 1.59. The summed E-state index contributed by atoms with van der Waals surface area (Å²) in [6.07, 6.45) is 5.29. The van der Waals surface area contributed by atoms with E-state index in [1.165, 1.54) is 25.7 Å². The molecule has 0 fully saturated rings. The molecule has 2 nitrogen and oxygen atoms in total. The van der Waals surface area contributed by atoms with Crippen molar-refractivity contribution >= 4 is 0 Å². The molecule has 0 bridgehead atoms. The molecule has 0 radical (unpaired) electrons. The van der Waals surface area contributed by atoms with E-state index in [0.717, 1.165) is 19.0 Å². The van der Waals surface area contributed by atoms with Crippen molar-refractivity contribution in [3.63, 3.8) is 0 Å². The normalized spacial score (nSPS) is 14.2. The molecule has 0 heterocycles. The van der Waals surface area contributed by atoms with Crippen molar-refractivity contribution in [3.05, 3.63) is 0 Å². The van der Waals surface area contributed by atoms with Gasteiger partial charge in [-0.1, -0.05) is 33.1 Å². The Kier molecular flexibility index (Phi) is 8.07. The summed E-state index contributed by atoms with van der Waals surface area (Å²) in [4.78, 5) is 0. The van der Waals surface area contributed by atoms with Crippen molar-refractivity contribution in [2.24, 2.45) is 5.92 Å². The predicted molar refractivity (Wildman–Crippen MR) is 67.3 cm³/mol. The summed E-state index contributed by atoms with van der Waals surface area (Å²) in [5.41, 5.74) is -0.0386. The lowest BCUT2D eigenvalue weighted by Gasteiger charge is -2.25. The molecule has 0 aliphatic carbocycles. The lowest BCUT2D eigenvalue weighted by Crippen LogP contribution is -2.38. The zero-order chi connectivity index (χ0) is 11.7. The minimum Gasteiger partial charge on any atom is -0.377 e. The Bertz CT molecular complexity index is 145. The van der Waals surface area contributed by atoms with Crippen LogP contribution in [-0.4, -0.2) is 25.8 Å². The second-order valence-electron chi connectivity index (χ2n) is 5.01. The van der Waals surface area contributed by atoms with Crippen molar-refractivity contribution < 1.29 is 4.74 Å². The number of hydrogen-bond donors (Lipinski definition) is 1. The van der Waals surface area contributed by atoms with Crippen LogP contribution < -0.4 is 5.32 Å². The van der Waals surface area contributed by atoms with Crippen LogP contribution in [0.2, 0.25) is 0 Å². The standard InChI is InChI=1S/C13H29NO/c1-6-8-9-12(7-2)10-14-11-13(3,4)15-5/h12,14H,6-11H2,1-5H3. The zero-order valence-corrected chi connectivity index (χ0v) is 11.2. The maximum absolute atomic E-state index is 5.37. The first-order valence-corrected chi connectivity index (χ1v) is 6.31. The summed E-state index contributed by atoms with van der Waals surface area (Å²) in [7, 11) is 1.77. The van der Waals surface area contributed by atoms with Gasteiger partial charge in [-0.25, -0.2) is 0 Å². The highest BCUT2D eigenvalue weighted by atomic mass is 16.5. The predicted octanol–water partition coefficient (Wildman–Crippen LogP) is 3.22. The molecule has 15 heavy (non-hydrogen) atoms. The number of ether oxygens (including phenoxy) is 1. The Labute approximate surface area is 95.8 Å². The van der Waals surface area contributed by atoms with Gasteiger partial charge in [-0.15, -0.1) is 0 Å². The molecule has 0 aromatic heterocycles. The zero-order valence-electron chi connectivity index (χ0n) is 11.2. The molecule has 0 aromatic rings. The van der Waals surface area contributed by atoms with Crippen molar-refractivity contribution in [1.29, 1.82) is 0 Å². The minimum absolute atomic E-state index is 0.0386. The van der Waals surface area contributed by atoms with Crippen LogP contribution in [0.1, 0.15) is 53.4 Å². The van der Waals surface area contributed by atoms with E-state index in [4.69, 9.17) is 4.74 Å². The van der Waals surface area contributed by atoms with Gasteiger partial charge < -0.3 is 10.1 Å². The highest BCUT2D eigenvalue weighted by Gasteiger charge is 2.16. The Morgan fingerprint density at radius 1 is 1.27 bits per heavy atom. The van der Waals surface area contributed by atoms with E-state index in [9.17, 15) is 0 Å². The van der Waals surface area contributed by atoms with Gasteiger partial charge in [0.1, 0.15) is 0 Å². The van der Waals surface area contributed by atoms with Crippen molar-refractivity contribution in [2.45, 2.75) is 59.0 Å². The first kappa shape index (κ1) is 14.9. The molecule has 2 heteroatoms. The molecule has 0 aliphatic heterocycles. The van der Waals surface area contributed by atoms with Crippen LogP contribution in [0.3, 0.4) is 0 Å². The molecule has 1 N–H and O–H groups in total. The van der Waals surface area contributed by atoms with Crippen LogP contribution in [-0.2, 0) is 4.74 Å². The second-order valence-corrected chi connectivity index (χ2v) is 5.01. The van der Waals surface area contributed by atoms with Crippen molar-refractivity contribution in [2.75, 3.05) is 20.2 Å². The topological polar surface area (TPSA) is 21.3 Å². The molecule has 0 saturated carbocycles. The average molecular weight is 215 g/mol. The fraction of sp³-hybridized carbons (Fsp3) is 1.00. The van der Waals surface area contributed by atoms with Gasteiger partial charge in [0.15, 0.2) is 0 Å². The number of nitrogens with one attached hydrogen (secondary N) is 1. The highest BCUT2D eigenvalue weighted by Crippen LogP contribution is 2.12. The summed E-state index contributed by atoms with van der Waals surface area (Å²) in [5, 5.41) is 3.51. The summed E-state index contributed by atoms with van der Waals surface area (Å²) < 4.78 is 5.37. The van der Waals surface area contributed by atoms with Crippen LogP contribution in [0, 0.1) is 5.92 Å². The van der Waals surface area contributed by atoms with E-state index in [2.05, 4.69) is 33.0 Å². The van der Waals surface area contributed by atoms with E-state index in [-0.39, 0.29) is 5.60 Å². The van der Waals surface area contributed by atoms with Crippen LogP contribution in [0.15, 0.2) is 0 Å². The van der Waals surface area contributed by atoms with Crippen LogP contribution in [0.5, 0.6) is 0 Å². The van der Waals surface area contributed by atoms with Gasteiger partial charge >= 0.3 is 0 Å². The summed E-state index contributed by atoms with van der Waals surface area (Å²) in [5.74, 6) is 0.831. The Morgan fingerprint density at radius 3 is 2.40 bits per heavy atom. The molecule has 0 rings (SSSR count). The van der Waals surface area contributed by atoms with E-state index in [0.29, 0.717) is 0 Å².